The first-order valence-electron chi connectivity index (χ1n) is 18.2. The van der Waals surface area contributed by atoms with Crippen LogP contribution in [0.5, 0.6) is 11.5 Å². The molecule has 2 N–H and O–H groups in total. The minimum Gasteiger partial charge on any atom is -0.491 e. The van der Waals surface area contributed by atoms with E-state index in [1.54, 1.807) is 0 Å². The molecule has 0 fully saturated rings. The molecule has 0 saturated heterocycles. The summed E-state index contributed by atoms with van der Waals surface area (Å²) in [6, 6.07) is 60.4. The smallest absolute Gasteiger partial charge is 0.127 e. The highest BCUT2D eigenvalue weighted by Gasteiger charge is 2.50. The van der Waals surface area contributed by atoms with Gasteiger partial charge in [0.25, 0.3) is 0 Å². The van der Waals surface area contributed by atoms with Gasteiger partial charge < -0.3 is 19.7 Å². The number of benzene rings is 8. The molecule has 0 spiro atoms. The van der Waals surface area contributed by atoms with Crippen molar-refractivity contribution in [2.75, 3.05) is 26.4 Å². The molecule has 258 valence electrons. The van der Waals surface area contributed by atoms with Crippen molar-refractivity contribution in [1.29, 1.82) is 0 Å². The molecule has 0 heterocycles. The van der Waals surface area contributed by atoms with Crippen LogP contribution in [0.15, 0.2) is 170 Å². The summed E-state index contributed by atoms with van der Waals surface area (Å²) in [7, 11) is 0. The summed E-state index contributed by atoms with van der Waals surface area (Å²) in [6.07, 6.45) is 0. The molecule has 0 amide bonds. The van der Waals surface area contributed by atoms with Crippen molar-refractivity contribution in [3.05, 3.63) is 192 Å². The van der Waals surface area contributed by atoms with Gasteiger partial charge in [0.2, 0.25) is 0 Å². The minimum absolute atomic E-state index is 0.0711. The predicted molar refractivity (Wildman–Crippen MR) is 215 cm³/mol. The van der Waals surface area contributed by atoms with Crippen molar-refractivity contribution in [2.24, 2.45) is 0 Å². The second-order valence-electron chi connectivity index (χ2n) is 13.4. The third-order valence-electron chi connectivity index (χ3n) is 10.6. The number of aliphatic hydroxyl groups is 2. The van der Waals surface area contributed by atoms with Gasteiger partial charge in [0, 0.05) is 10.8 Å². The second kappa shape index (κ2) is 13.7. The summed E-state index contributed by atoms with van der Waals surface area (Å²) in [5, 5.41) is 23.6. The molecule has 0 aliphatic heterocycles. The molecule has 0 atom stereocenters. The van der Waals surface area contributed by atoms with Crippen molar-refractivity contribution in [3.63, 3.8) is 0 Å². The lowest BCUT2D eigenvalue weighted by Gasteiger charge is -2.38. The Morgan fingerprint density at radius 2 is 0.736 bits per heavy atom. The maximum Gasteiger partial charge on any atom is 0.127 e. The highest BCUT2D eigenvalue weighted by atomic mass is 16.5. The van der Waals surface area contributed by atoms with Gasteiger partial charge in [-0.1, -0.05) is 158 Å². The third-order valence-corrected chi connectivity index (χ3v) is 10.6. The van der Waals surface area contributed by atoms with Crippen molar-refractivity contribution >= 4 is 21.5 Å². The van der Waals surface area contributed by atoms with E-state index in [9.17, 15) is 10.2 Å². The maximum atomic E-state index is 9.74. The Balaban J connectivity index is 1.53. The van der Waals surface area contributed by atoms with Crippen LogP contribution in [-0.4, -0.2) is 36.6 Å². The fourth-order valence-electron chi connectivity index (χ4n) is 8.65. The zero-order valence-corrected chi connectivity index (χ0v) is 29.2. The van der Waals surface area contributed by atoms with Gasteiger partial charge in [0.15, 0.2) is 0 Å². The molecule has 53 heavy (non-hydrogen) atoms. The SMILES string of the molecule is OCCOc1ccc(C2(c3ccc(OCCO)c4ccccc34)c3c(-c4ccccc4)cccc3-c3cccc(-c4ccccc4)c32)c2ccccc12. The maximum absolute atomic E-state index is 9.74. The van der Waals surface area contributed by atoms with Crippen LogP contribution in [0.4, 0.5) is 0 Å². The number of fused-ring (bicyclic) bond motifs is 5. The normalized spacial score (nSPS) is 12.8. The lowest BCUT2D eigenvalue weighted by molar-refractivity contribution is 0.203. The van der Waals surface area contributed by atoms with E-state index >= 15 is 0 Å². The van der Waals surface area contributed by atoms with Gasteiger partial charge in [-0.25, -0.2) is 0 Å². The Labute approximate surface area is 309 Å². The van der Waals surface area contributed by atoms with Gasteiger partial charge in [-0.3, -0.25) is 0 Å². The standard InChI is InChI=1S/C49H38O4/c50-29-31-52-45-27-25-43(37-17-7-9-19-39(37)45)49(44-26-28-46(53-32-30-51)40-20-10-8-18-38(40)44)47-35(33-13-3-1-4-14-33)21-11-23-41(47)42-24-12-22-36(48(42)49)34-15-5-2-6-16-34/h1-28,50-51H,29-32H2. The highest BCUT2D eigenvalue weighted by molar-refractivity contribution is 6.05. The molecular weight excluding hydrogens is 653 g/mol. The number of hydrogen-bond acceptors (Lipinski definition) is 4. The first-order valence-corrected chi connectivity index (χ1v) is 18.2. The molecule has 8 aromatic carbocycles. The molecular formula is C49H38O4. The van der Waals surface area contributed by atoms with Crippen LogP contribution in [0.25, 0.3) is 54.9 Å². The summed E-state index contributed by atoms with van der Waals surface area (Å²) >= 11 is 0. The van der Waals surface area contributed by atoms with Crippen LogP contribution in [0.3, 0.4) is 0 Å². The molecule has 9 rings (SSSR count). The average molecular weight is 691 g/mol. The topological polar surface area (TPSA) is 58.9 Å². The molecule has 1 aliphatic carbocycles. The second-order valence-corrected chi connectivity index (χ2v) is 13.4. The first-order chi connectivity index (χ1) is 26.3. The van der Waals surface area contributed by atoms with E-state index in [0.717, 1.165) is 66.4 Å². The highest BCUT2D eigenvalue weighted by Crippen LogP contribution is 2.63. The monoisotopic (exact) mass is 690 g/mol. The van der Waals surface area contributed by atoms with Gasteiger partial charge in [-0.15, -0.1) is 0 Å². The van der Waals surface area contributed by atoms with Crippen LogP contribution in [0, 0.1) is 0 Å². The Morgan fingerprint density at radius 1 is 0.358 bits per heavy atom. The van der Waals surface area contributed by atoms with Crippen LogP contribution < -0.4 is 9.47 Å². The number of rotatable bonds is 10. The Morgan fingerprint density at radius 3 is 1.15 bits per heavy atom. The Bertz CT molecular complexity index is 2410. The quantitative estimate of drug-likeness (QED) is 0.150. The zero-order chi connectivity index (χ0) is 35.8. The lowest BCUT2D eigenvalue weighted by atomic mass is 9.62. The fraction of sp³-hybridized carbons (Fsp3) is 0.102. The van der Waals surface area contributed by atoms with Gasteiger partial charge >= 0.3 is 0 Å². The molecule has 0 radical (unpaired) electrons. The molecule has 4 nitrogen and oxygen atoms in total. The summed E-state index contributed by atoms with van der Waals surface area (Å²) in [5.74, 6) is 1.47. The van der Waals surface area contributed by atoms with E-state index < -0.39 is 5.41 Å². The number of aliphatic hydroxyl groups excluding tert-OH is 2. The molecule has 4 heteroatoms. The predicted octanol–water partition coefficient (Wildman–Crippen LogP) is 10.4. The largest absolute Gasteiger partial charge is 0.491 e. The summed E-state index contributed by atoms with van der Waals surface area (Å²) < 4.78 is 12.4. The van der Waals surface area contributed by atoms with Crippen molar-refractivity contribution in [2.45, 2.75) is 5.41 Å². The Hall–Kier alpha value is -6.20. The van der Waals surface area contributed by atoms with Crippen LogP contribution in [-0.2, 0) is 5.41 Å². The summed E-state index contributed by atoms with van der Waals surface area (Å²) in [4.78, 5) is 0. The number of hydrogen-bond donors (Lipinski definition) is 2. The first kappa shape index (κ1) is 32.7. The molecule has 8 aromatic rings. The van der Waals surface area contributed by atoms with Gasteiger partial charge in [0.05, 0.1) is 18.6 Å². The van der Waals surface area contributed by atoms with E-state index in [1.807, 2.05) is 0 Å². The molecule has 0 saturated carbocycles. The number of ether oxygens (including phenoxy) is 2. The summed E-state index contributed by atoms with van der Waals surface area (Å²) in [5.41, 5.74) is 10.8. The van der Waals surface area contributed by atoms with Crippen molar-refractivity contribution in [1.82, 2.24) is 0 Å². The van der Waals surface area contributed by atoms with Crippen molar-refractivity contribution < 1.29 is 19.7 Å². The zero-order valence-electron chi connectivity index (χ0n) is 29.2. The molecule has 0 bridgehead atoms. The van der Waals surface area contributed by atoms with Crippen LogP contribution in [0.1, 0.15) is 22.3 Å². The Kier molecular flexibility index (Phi) is 8.47. The summed E-state index contributed by atoms with van der Waals surface area (Å²) in [6.45, 7) is 0.267. The van der Waals surface area contributed by atoms with Crippen LogP contribution >= 0.6 is 0 Å². The molecule has 0 unspecified atom stereocenters. The van der Waals surface area contributed by atoms with E-state index in [1.165, 1.54) is 22.3 Å². The molecule has 0 aromatic heterocycles. The van der Waals surface area contributed by atoms with Crippen molar-refractivity contribution in [3.8, 4) is 44.9 Å². The van der Waals surface area contributed by atoms with Gasteiger partial charge in [-0.05, 0) is 78.5 Å². The van der Waals surface area contributed by atoms with Gasteiger partial charge in [-0.2, -0.15) is 0 Å². The fourth-order valence-corrected chi connectivity index (χ4v) is 8.65. The van der Waals surface area contributed by atoms with E-state index in [0.29, 0.717) is 0 Å². The van der Waals surface area contributed by atoms with E-state index in [-0.39, 0.29) is 26.4 Å². The lowest BCUT2D eigenvalue weighted by Crippen LogP contribution is -2.31. The average Bonchev–Trinajstić information content (AvgIpc) is 3.53. The third kappa shape index (κ3) is 5.22. The minimum atomic E-state index is -0.840. The van der Waals surface area contributed by atoms with E-state index in [2.05, 4.69) is 170 Å². The van der Waals surface area contributed by atoms with Crippen LogP contribution in [0.2, 0.25) is 0 Å². The van der Waals surface area contributed by atoms with Gasteiger partial charge in [0.1, 0.15) is 24.7 Å². The van der Waals surface area contributed by atoms with E-state index in [4.69, 9.17) is 9.47 Å². The molecule has 1 aliphatic rings.